The fourth-order valence-corrected chi connectivity index (χ4v) is 10.7. The summed E-state index contributed by atoms with van der Waals surface area (Å²) in [6.45, 7) is 33.6. The Labute approximate surface area is 528 Å². The van der Waals surface area contributed by atoms with Gasteiger partial charge in [0.1, 0.15) is 60.4 Å². The largest absolute Gasteiger partial charge is 0.390 e. The van der Waals surface area contributed by atoms with Gasteiger partial charge in [-0.1, -0.05) is 129 Å². The summed E-state index contributed by atoms with van der Waals surface area (Å²) in [4.78, 5) is 169. The third-order valence-corrected chi connectivity index (χ3v) is 16.1. The fourth-order valence-electron chi connectivity index (χ4n) is 10.7. The molecule has 0 aliphatic carbocycles. The Balaban J connectivity index is 0.0000247. The highest BCUT2D eigenvalue weighted by Crippen LogP contribution is 2.26. The van der Waals surface area contributed by atoms with Gasteiger partial charge in [-0.2, -0.15) is 0 Å². The van der Waals surface area contributed by atoms with Crippen LogP contribution in [-0.2, 0) is 52.7 Å². The van der Waals surface area contributed by atoms with E-state index in [2.05, 4.69) is 35.1 Å². The first kappa shape index (κ1) is 81.9. The molecule has 0 aromatic heterocycles. The number of hydrogen-bond donors (Lipinski definition) is 5. The molecule has 1 saturated heterocycles. The number of aliphatic hydroxyl groups excluding tert-OH is 1. The SMILES string of the molecule is C/C=C/CC(C)C(O)C1C(=O)NC(CC)C(=O)N(C)CC(=O)N(C)C(CC(C)C)C(=O)NC(C(C)C)C(=O)N(C)C(CC(C)C)C(=O)NC(C)C(=O)NC(C)C(=O)N(C)C(CC(C)C)C(=O)N(C)C(CC(C)C)C(=O)N(C)C(C(C)C)C(=O)N1C.CCC. The molecule has 0 aromatic rings. The first-order chi connectivity index (χ1) is 40.6. The van der Waals surface area contributed by atoms with Crippen LogP contribution in [-0.4, -0.2) is 227 Å². The molecule has 88 heavy (non-hydrogen) atoms. The van der Waals surface area contributed by atoms with E-state index in [9.17, 15) is 48.3 Å². The van der Waals surface area contributed by atoms with Gasteiger partial charge >= 0.3 is 0 Å². The number of rotatable bonds is 15. The Kier molecular flexibility index (Phi) is 35.7. The van der Waals surface area contributed by atoms with Crippen molar-refractivity contribution in [3.8, 4) is 0 Å². The van der Waals surface area contributed by atoms with E-state index < -0.39 is 156 Å². The van der Waals surface area contributed by atoms with Crippen molar-refractivity contribution >= 4 is 65.0 Å². The predicted molar refractivity (Wildman–Crippen MR) is 344 cm³/mol. The maximum Gasteiger partial charge on any atom is 0.246 e. The number of nitrogens with zero attached hydrogens (tertiary/aromatic N) is 7. The van der Waals surface area contributed by atoms with Crippen molar-refractivity contribution in [2.75, 3.05) is 55.9 Å². The number of likely N-dealkylation sites (N-methyl/N-ethyl adjacent to an activating group) is 7. The lowest BCUT2D eigenvalue weighted by Gasteiger charge is -2.41. The predicted octanol–water partition coefficient (Wildman–Crippen LogP) is 4.69. The monoisotopic (exact) mass is 1250 g/mol. The number of carbonyl (C=O) groups excluding carboxylic acids is 11. The van der Waals surface area contributed by atoms with Crippen molar-refractivity contribution in [1.82, 2.24) is 55.6 Å². The zero-order valence-corrected chi connectivity index (χ0v) is 58.8. The molecule has 0 bridgehead atoms. The van der Waals surface area contributed by atoms with Crippen LogP contribution in [0.3, 0.4) is 0 Å². The third kappa shape index (κ3) is 24.0. The van der Waals surface area contributed by atoms with Gasteiger partial charge < -0.3 is 60.7 Å². The molecule has 1 heterocycles. The molecule has 1 rings (SSSR count). The lowest BCUT2D eigenvalue weighted by Crippen LogP contribution is -2.63. The number of amides is 11. The lowest BCUT2D eigenvalue weighted by atomic mass is 9.91. The van der Waals surface area contributed by atoms with Crippen LogP contribution in [0.1, 0.15) is 176 Å². The molecule has 1 aliphatic heterocycles. The van der Waals surface area contributed by atoms with Crippen molar-refractivity contribution in [2.24, 2.45) is 41.4 Å². The molecule has 0 aromatic carbocycles. The topological polar surface area (TPSA) is 279 Å². The highest BCUT2D eigenvalue weighted by atomic mass is 16.3. The molecule has 12 atom stereocenters. The van der Waals surface area contributed by atoms with E-state index in [1.807, 2.05) is 61.5 Å². The van der Waals surface area contributed by atoms with Crippen LogP contribution in [0, 0.1) is 41.4 Å². The number of allylic oxidation sites excluding steroid dienone is 2. The normalized spacial score (nSPS) is 26.2. The zero-order valence-electron chi connectivity index (χ0n) is 58.8. The van der Waals surface area contributed by atoms with Gasteiger partial charge in [-0.3, -0.25) is 52.7 Å². The second kappa shape index (κ2) is 38.4. The summed E-state index contributed by atoms with van der Waals surface area (Å²) < 4.78 is 0. The summed E-state index contributed by atoms with van der Waals surface area (Å²) in [6, 6.07) is -12.3. The van der Waals surface area contributed by atoms with Crippen molar-refractivity contribution in [3.05, 3.63) is 12.2 Å². The van der Waals surface area contributed by atoms with Crippen molar-refractivity contribution in [2.45, 2.75) is 243 Å². The molecule has 1 aliphatic rings. The maximum atomic E-state index is 15.1. The molecule has 506 valence electrons. The molecule has 0 saturated carbocycles. The lowest BCUT2D eigenvalue weighted by molar-refractivity contribution is -0.157. The Morgan fingerprint density at radius 2 is 0.852 bits per heavy atom. The Morgan fingerprint density at radius 3 is 1.28 bits per heavy atom. The third-order valence-electron chi connectivity index (χ3n) is 16.1. The van der Waals surface area contributed by atoms with E-state index in [1.165, 1.54) is 94.1 Å². The van der Waals surface area contributed by atoms with Crippen molar-refractivity contribution < 1.29 is 57.8 Å². The van der Waals surface area contributed by atoms with Crippen molar-refractivity contribution in [1.29, 1.82) is 0 Å². The molecule has 0 radical (unpaired) electrons. The van der Waals surface area contributed by atoms with Gasteiger partial charge in [0.05, 0.1) is 12.6 Å². The van der Waals surface area contributed by atoms with Crippen LogP contribution in [0.4, 0.5) is 0 Å². The van der Waals surface area contributed by atoms with E-state index in [0.29, 0.717) is 6.42 Å². The summed E-state index contributed by atoms with van der Waals surface area (Å²) in [6.07, 6.45) is 4.29. The first-order valence-corrected chi connectivity index (χ1v) is 32.0. The molecule has 11 amide bonds. The van der Waals surface area contributed by atoms with Crippen LogP contribution >= 0.6 is 0 Å². The molecule has 23 heteroatoms. The van der Waals surface area contributed by atoms with Gasteiger partial charge in [0.2, 0.25) is 65.0 Å². The number of carbonyl (C=O) groups is 11. The van der Waals surface area contributed by atoms with E-state index in [-0.39, 0.29) is 55.8 Å². The van der Waals surface area contributed by atoms with Gasteiger partial charge in [-0.25, -0.2) is 0 Å². The van der Waals surface area contributed by atoms with E-state index in [4.69, 9.17) is 0 Å². The fraction of sp³-hybridized carbons (Fsp3) is 0.800. The first-order valence-electron chi connectivity index (χ1n) is 32.0. The van der Waals surface area contributed by atoms with Gasteiger partial charge in [0.15, 0.2) is 0 Å². The van der Waals surface area contributed by atoms with Gasteiger partial charge in [0.25, 0.3) is 0 Å². The minimum absolute atomic E-state index is 0.0229. The molecule has 12 unspecified atom stereocenters. The van der Waals surface area contributed by atoms with Crippen LogP contribution in [0.25, 0.3) is 0 Å². The summed E-state index contributed by atoms with van der Waals surface area (Å²) in [7, 11) is 9.92. The number of aliphatic hydroxyl groups is 1. The second-order valence-electron chi connectivity index (χ2n) is 26.8. The Bertz CT molecular complexity index is 2340. The Morgan fingerprint density at radius 1 is 0.455 bits per heavy atom. The zero-order chi connectivity index (χ0) is 68.7. The number of nitrogens with one attached hydrogen (secondary N) is 4. The summed E-state index contributed by atoms with van der Waals surface area (Å²) in [5.41, 5.74) is 0. The number of hydrogen-bond acceptors (Lipinski definition) is 12. The molecule has 5 N–H and O–H groups in total. The highest BCUT2D eigenvalue weighted by Gasteiger charge is 2.45. The molecule has 0 spiro atoms. The van der Waals surface area contributed by atoms with Gasteiger partial charge in [0, 0.05) is 49.3 Å². The smallest absolute Gasteiger partial charge is 0.246 e. The van der Waals surface area contributed by atoms with Crippen molar-refractivity contribution in [3.63, 3.8) is 0 Å². The highest BCUT2D eigenvalue weighted by molar-refractivity contribution is 5.99. The average Bonchev–Trinajstić information content (AvgIpc) is 2.62. The molecule has 23 nitrogen and oxygen atoms in total. The Hall–Kier alpha value is -6.13. The summed E-state index contributed by atoms with van der Waals surface area (Å²) >= 11 is 0. The minimum atomic E-state index is -1.61. The van der Waals surface area contributed by atoms with Gasteiger partial charge in [-0.05, 0) is 101 Å². The summed E-state index contributed by atoms with van der Waals surface area (Å²) in [5, 5.41) is 23.1. The maximum absolute atomic E-state index is 15.1. The van der Waals surface area contributed by atoms with E-state index in [0.717, 1.165) is 9.80 Å². The quantitative estimate of drug-likeness (QED) is 0.140. The summed E-state index contributed by atoms with van der Waals surface area (Å²) in [5.74, 6) is -9.71. The van der Waals surface area contributed by atoms with E-state index in [1.54, 1.807) is 54.5 Å². The molecular formula is C65H119N11O12. The minimum Gasteiger partial charge on any atom is -0.390 e. The standard InChI is InChI=1S/C62H111N11O12.C3H8/c1-25-27-28-40(15)52(75)51-56(79)65-43(26-2)58(81)67(18)33-48(74)68(19)44(29-34(3)4)55(78)66-49(38(11)12)61(84)69(20)45(30-35(5)6)54(77)63-41(16)53(76)64-42(17)57(80)70(21)46(31-36(7)8)59(82)71(22)47(32-37(9)10)60(83)72(23)50(39(13)14)62(85)73(51)24;1-3-2/h25,27,34-47,49-52,75H,26,28-33H2,1-24H3,(H,63,77)(H,64,76)(H,65,79)(H,66,78);3H2,1-2H3/b27-25+;. The average molecular weight is 1250 g/mol. The van der Waals surface area contributed by atoms with Crippen LogP contribution in [0.15, 0.2) is 12.2 Å². The van der Waals surface area contributed by atoms with Crippen LogP contribution < -0.4 is 21.3 Å². The molecule has 1 fully saturated rings. The second-order valence-corrected chi connectivity index (χ2v) is 26.8. The molecular weight excluding hydrogens is 1130 g/mol. The van der Waals surface area contributed by atoms with Crippen LogP contribution in [0.2, 0.25) is 0 Å². The van der Waals surface area contributed by atoms with Gasteiger partial charge in [-0.15, -0.1) is 0 Å². The van der Waals surface area contributed by atoms with E-state index >= 15 is 9.59 Å². The van der Waals surface area contributed by atoms with Crippen LogP contribution in [0.5, 0.6) is 0 Å².